The number of benzene rings is 1. The van der Waals surface area contributed by atoms with Crippen LogP contribution < -0.4 is 9.47 Å². The number of hydrogen-bond acceptors (Lipinski definition) is 4. The lowest BCUT2D eigenvalue weighted by molar-refractivity contribution is 0.0984. The Labute approximate surface area is 135 Å². The molecule has 0 aliphatic carbocycles. The summed E-state index contributed by atoms with van der Waals surface area (Å²) in [5.74, 6) is 2.49. The average Bonchev–Trinajstić information content (AvgIpc) is 2.44. The van der Waals surface area contributed by atoms with Gasteiger partial charge in [0.1, 0.15) is 0 Å². The number of nitrogens with zero attached hydrogens (tertiary/aromatic N) is 1. The Hall–Kier alpha value is -1.26. The van der Waals surface area contributed by atoms with E-state index >= 15 is 0 Å². The normalized spacial score (nSPS) is 13.0. The Morgan fingerprint density at radius 3 is 1.91 bits per heavy atom. The van der Waals surface area contributed by atoms with Crippen molar-refractivity contribution in [2.75, 3.05) is 33.9 Å². The first-order chi connectivity index (χ1) is 10.4. The van der Waals surface area contributed by atoms with Gasteiger partial charge in [0.25, 0.3) is 0 Å². The zero-order chi connectivity index (χ0) is 16.7. The van der Waals surface area contributed by atoms with Gasteiger partial charge >= 0.3 is 0 Å². The van der Waals surface area contributed by atoms with Crippen LogP contribution in [0.25, 0.3) is 0 Å². The predicted octanol–water partition coefficient (Wildman–Crippen LogP) is 3.35. The molecule has 1 unspecified atom stereocenters. The Morgan fingerprint density at radius 2 is 1.45 bits per heavy atom. The second-order valence-corrected chi connectivity index (χ2v) is 6.64. The van der Waals surface area contributed by atoms with Crippen molar-refractivity contribution >= 4 is 0 Å². The van der Waals surface area contributed by atoms with Gasteiger partial charge in [-0.25, -0.2) is 0 Å². The summed E-state index contributed by atoms with van der Waals surface area (Å²) in [6.07, 6.45) is -0.530. The highest BCUT2D eigenvalue weighted by atomic mass is 16.5. The topological polar surface area (TPSA) is 41.9 Å². The fraction of sp³-hybridized carbons (Fsp3) is 0.667. The molecule has 1 rings (SSSR count). The molecule has 1 N–H and O–H groups in total. The van der Waals surface area contributed by atoms with Crippen LogP contribution in [-0.4, -0.2) is 43.9 Å². The smallest absolute Gasteiger partial charge is 0.161 e. The van der Waals surface area contributed by atoms with Crippen LogP contribution in [0.15, 0.2) is 18.2 Å². The van der Waals surface area contributed by atoms with Crippen molar-refractivity contribution in [1.29, 1.82) is 0 Å². The highest BCUT2D eigenvalue weighted by Gasteiger charge is 2.17. The molecular formula is C18H31NO3. The molecule has 0 spiro atoms. The minimum absolute atomic E-state index is 0.530. The fourth-order valence-corrected chi connectivity index (χ4v) is 2.67. The quantitative estimate of drug-likeness (QED) is 0.759. The molecule has 0 aliphatic rings. The molecule has 0 bridgehead atoms. The third kappa shape index (κ3) is 5.85. The van der Waals surface area contributed by atoms with Gasteiger partial charge in [-0.1, -0.05) is 33.8 Å². The Bertz CT molecular complexity index is 436. The molecule has 1 aromatic carbocycles. The lowest BCUT2D eigenvalue weighted by Crippen LogP contribution is -2.35. The van der Waals surface area contributed by atoms with E-state index in [2.05, 4.69) is 32.6 Å². The van der Waals surface area contributed by atoms with Crippen LogP contribution in [0.5, 0.6) is 11.5 Å². The number of rotatable bonds is 9. The predicted molar refractivity (Wildman–Crippen MR) is 90.6 cm³/mol. The summed E-state index contributed by atoms with van der Waals surface area (Å²) in [6.45, 7) is 11.4. The first-order valence-corrected chi connectivity index (χ1v) is 7.99. The van der Waals surface area contributed by atoms with Crippen LogP contribution in [0.1, 0.15) is 39.4 Å². The first kappa shape index (κ1) is 18.8. The van der Waals surface area contributed by atoms with Crippen LogP contribution in [0.2, 0.25) is 0 Å². The second-order valence-electron chi connectivity index (χ2n) is 6.64. The standard InChI is InChI=1S/C18H31NO3/c1-13(2)10-19(11-14(3)4)12-16(20)15-7-8-17(21-5)18(9-15)22-6/h7-9,13-14,16,20H,10-12H2,1-6H3. The van der Waals surface area contributed by atoms with Crippen molar-refractivity contribution in [2.24, 2.45) is 11.8 Å². The summed E-state index contributed by atoms with van der Waals surface area (Å²) in [5.41, 5.74) is 0.857. The third-order valence-electron chi connectivity index (χ3n) is 3.47. The third-order valence-corrected chi connectivity index (χ3v) is 3.47. The van der Waals surface area contributed by atoms with E-state index < -0.39 is 6.10 Å². The molecule has 1 atom stereocenters. The van der Waals surface area contributed by atoms with Crippen molar-refractivity contribution in [3.05, 3.63) is 23.8 Å². The molecular weight excluding hydrogens is 278 g/mol. The van der Waals surface area contributed by atoms with E-state index in [0.717, 1.165) is 18.7 Å². The van der Waals surface area contributed by atoms with E-state index in [1.54, 1.807) is 14.2 Å². The van der Waals surface area contributed by atoms with Crippen molar-refractivity contribution in [1.82, 2.24) is 4.90 Å². The molecule has 0 fully saturated rings. The fourth-order valence-electron chi connectivity index (χ4n) is 2.67. The summed E-state index contributed by atoms with van der Waals surface area (Å²) >= 11 is 0. The van der Waals surface area contributed by atoms with Crippen molar-refractivity contribution in [2.45, 2.75) is 33.8 Å². The minimum Gasteiger partial charge on any atom is -0.493 e. The largest absolute Gasteiger partial charge is 0.493 e. The van der Waals surface area contributed by atoms with E-state index in [-0.39, 0.29) is 0 Å². The molecule has 0 saturated carbocycles. The maximum absolute atomic E-state index is 10.6. The first-order valence-electron chi connectivity index (χ1n) is 7.99. The lowest BCUT2D eigenvalue weighted by atomic mass is 10.1. The van der Waals surface area contributed by atoms with Gasteiger partial charge in [0.05, 0.1) is 20.3 Å². The zero-order valence-electron chi connectivity index (χ0n) is 14.8. The molecule has 0 aromatic heterocycles. The van der Waals surface area contributed by atoms with Gasteiger partial charge in [0.15, 0.2) is 11.5 Å². The monoisotopic (exact) mass is 309 g/mol. The van der Waals surface area contributed by atoms with E-state index in [1.807, 2.05) is 18.2 Å². The van der Waals surface area contributed by atoms with Crippen molar-refractivity contribution in [3.63, 3.8) is 0 Å². The lowest BCUT2D eigenvalue weighted by Gasteiger charge is -2.28. The average molecular weight is 309 g/mol. The molecule has 0 radical (unpaired) electrons. The summed E-state index contributed by atoms with van der Waals surface area (Å²) in [4.78, 5) is 2.33. The molecule has 0 amide bonds. The highest BCUT2D eigenvalue weighted by Crippen LogP contribution is 2.30. The molecule has 126 valence electrons. The Balaban J connectivity index is 2.82. The van der Waals surface area contributed by atoms with Crippen LogP contribution in [0.4, 0.5) is 0 Å². The van der Waals surface area contributed by atoms with Gasteiger partial charge < -0.3 is 14.6 Å². The number of methoxy groups -OCH3 is 2. The molecule has 0 saturated heterocycles. The van der Waals surface area contributed by atoms with Crippen molar-refractivity contribution in [3.8, 4) is 11.5 Å². The molecule has 4 heteroatoms. The van der Waals surface area contributed by atoms with E-state index in [1.165, 1.54) is 0 Å². The maximum Gasteiger partial charge on any atom is 0.161 e. The van der Waals surface area contributed by atoms with Crippen molar-refractivity contribution < 1.29 is 14.6 Å². The van der Waals surface area contributed by atoms with Gasteiger partial charge in [0, 0.05) is 19.6 Å². The van der Waals surface area contributed by atoms with E-state index in [9.17, 15) is 5.11 Å². The van der Waals surface area contributed by atoms with Crippen LogP contribution in [0, 0.1) is 11.8 Å². The van der Waals surface area contributed by atoms with Crippen LogP contribution >= 0.6 is 0 Å². The summed E-state index contributed by atoms with van der Waals surface area (Å²) in [7, 11) is 3.22. The minimum atomic E-state index is -0.530. The SMILES string of the molecule is COc1ccc(C(O)CN(CC(C)C)CC(C)C)cc1OC. The molecule has 0 heterocycles. The van der Waals surface area contributed by atoms with Crippen LogP contribution in [-0.2, 0) is 0 Å². The van der Waals surface area contributed by atoms with Gasteiger partial charge in [-0.3, -0.25) is 4.90 Å². The Kier molecular flexibility index (Phi) is 7.69. The van der Waals surface area contributed by atoms with Gasteiger partial charge in [-0.05, 0) is 29.5 Å². The summed E-state index contributed by atoms with van der Waals surface area (Å²) in [5, 5.41) is 10.6. The summed E-state index contributed by atoms with van der Waals surface area (Å²) < 4.78 is 10.6. The number of aliphatic hydroxyl groups excluding tert-OH is 1. The highest BCUT2D eigenvalue weighted by molar-refractivity contribution is 5.43. The Morgan fingerprint density at radius 1 is 0.909 bits per heavy atom. The van der Waals surface area contributed by atoms with E-state index in [4.69, 9.17) is 9.47 Å². The van der Waals surface area contributed by atoms with Gasteiger partial charge in [-0.2, -0.15) is 0 Å². The molecule has 4 nitrogen and oxygen atoms in total. The number of aliphatic hydroxyl groups is 1. The maximum atomic E-state index is 10.6. The molecule has 1 aromatic rings. The number of ether oxygens (including phenoxy) is 2. The van der Waals surface area contributed by atoms with Crippen LogP contribution in [0.3, 0.4) is 0 Å². The zero-order valence-corrected chi connectivity index (χ0v) is 14.8. The number of hydrogen-bond donors (Lipinski definition) is 1. The summed E-state index contributed by atoms with van der Waals surface area (Å²) in [6, 6.07) is 5.59. The molecule has 0 aliphatic heterocycles. The second kappa shape index (κ2) is 9.01. The molecule has 22 heavy (non-hydrogen) atoms. The van der Waals surface area contributed by atoms with E-state index in [0.29, 0.717) is 29.9 Å². The van der Waals surface area contributed by atoms with Gasteiger partial charge in [0.2, 0.25) is 0 Å². The van der Waals surface area contributed by atoms with Gasteiger partial charge in [-0.15, -0.1) is 0 Å².